The highest BCUT2D eigenvalue weighted by Gasteiger charge is 2.34. The first kappa shape index (κ1) is 21.2. The van der Waals surface area contributed by atoms with Gasteiger partial charge in [-0.3, -0.25) is 9.69 Å². The molecule has 5 nitrogen and oxygen atoms in total. The van der Waals surface area contributed by atoms with Crippen LogP contribution in [0.15, 0.2) is 42.5 Å². The van der Waals surface area contributed by atoms with Gasteiger partial charge in [-0.1, -0.05) is 44.2 Å². The minimum absolute atomic E-state index is 0.0363. The van der Waals surface area contributed by atoms with Gasteiger partial charge in [-0.25, -0.2) is 0 Å². The van der Waals surface area contributed by atoms with Crippen LogP contribution in [0.1, 0.15) is 43.5 Å². The molecule has 1 aliphatic heterocycles. The molecular formula is C24H32N2O3. The Morgan fingerprint density at radius 1 is 1.10 bits per heavy atom. The number of carbonyl (C=O) groups is 1. The fourth-order valence-electron chi connectivity index (χ4n) is 4.08. The van der Waals surface area contributed by atoms with Crippen LogP contribution in [0.3, 0.4) is 0 Å². The average Bonchev–Trinajstić information content (AvgIpc) is 2.72. The summed E-state index contributed by atoms with van der Waals surface area (Å²) in [6, 6.07) is 14.7. The number of nitrogens with one attached hydrogen (secondary N) is 1. The molecule has 0 bridgehead atoms. The van der Waals surface area contributed by atoms with Crippen LogP contribution in [-0.4, -0.2) is 37.6 Å². The molecule has 1 heterocycles. The van der Waals surface area contributed by atoms with E-state index in [9.17, 15) is 4.79 Å². The number of carbonyl (C=O) groups excluding carboxylic acids is 1. The van der Waals surface area contributed by atoms with Crippen molar-refractivity contribution in [3.05, 3.63) is 59.2 Å². The third-order valence-corrected chi connectivity index (χ3v) is 5.62. The number of rotatable bonds is 7. The first-order chi connectivity index (χ1) is 13.9. The van der Waals surface area contributed by atoms with E-state index < -0.39 is 0 Å². The minimum Gasteiger partial charge on any atom is -0.493 e. The highest BCUT2D eigenvalue weighted by molar-refractivity contribution is 5.78. The Morgan fingerprint density at radius 3 is 2.38 bits per heavy atom. The molecule has 1 amide bonds. The summed E-state index contributed by atoms with van der Waals surface area (Å²) in [5.74, 6) is 1.50. The van der Waals surface area contributed by atoms with Crippen LogP contribution in [0, 0.1) is 5.92 Å². The van der Waals surface area contributed by atoms with Crippen LogP contribution in [0.25, 0.3) is 0 Å². The van der Waals surface area contributed by atoms with Crippen molar-refractivity contribution in [1.29, 1.82) is 0 Å². The number of hydrogen-bond acceptors (Lipinski definition) is 4. The Bertz CT molecular complexity index is 836. The summed E-state index contributed by atoms with van der Waals surface area (Å²) in [5, 5.41) is 3.22. The lowest BCUT2D eigenvalue weighted by molar-refractivity contribution is -0.125. The Balaban J connectivity index is 1.98. The average molecular weight is 397 g/mol. The first-order valence-electron chi connectivity index (χ1n) is 10.3. The zero-order valence-electron chi connectivity index (χ0n) is 18.1. The van der Waals surface area contributed by atoms with Gasteiger partial charge in [0.25, 0.3) is 0 Å². The molecule has 0 radical (unpaired) electrons. The molecule has 1 N–H and O–H groups in total. The molecule has 1 aliphatic rings. The molecular weight excluding hydrogens is 364 g/mol. The minimum atomic E-state index is -0.0477. The maximum absolute atomic E-state index is 12.4. The summed E-state index contributed by atoms with van der Waals surface area (Å²) in [5.41, 5.74) is 3.72. The fourth-order valence-corrected chi connectivity index (χ4v) is 4.08. The molecule has 2 aromatic carbocycles. The monoisotopic (exact) mass is 396 g/mol. The Hall–Kier alpha value is -2.53. The lowest BCUT2D eigenvalue weighted by Crippen LogP contribution is -2.48. The van der Waals surface area contributed by atoms with E-state index >= 15 is 0 Å². The predicted molar refractivity (Wildman–Crippen MR) is 115 cm³/mol. The quantitative estimate of drug-likeness (QED) is 0.770. The van der Waals surface area contributed by atoms with E-state index in [-0.39, 0.29) is 23.9 Å². The van der Waals surface area contributed by atoms with Crippen LogP contribution in [0.5, 0.6) is 11.5 Å². The summed E-state index contributed by atoms with van der Waals surface area (Å²) in [6.45, 7) is 7.69. The maximum Gasteiger partial charge on any atom is 0.222 e. The number of nitrogens with zero attached hydrogens (tertiary/aromatic N) is 1. The molecule has 0 spiro atoms. The smallest absolute Gasteiger partial charge is 0.222 e. The number of hydrogen-bond donors (Lipinski definition) is 1. The van der Waals surface area contributed by atoms with Crippen LogP contribution >= 0.6 is 0 Å². The van der Waals surface area contributed by atoms with Crippen molar-refractivity contribution in [3.63, 3.8) is 0 Å². The second-order valence-electron chi connectivity index (χ2n) is 8.01. The van der Waals surface area contributed by atoms with E-state index in [1.54, 1.807) is 14.2 Å². The van der Waals surface area contributed by atoms with Crippen molar-refractivity contribution < 1.29 is 14.3 Å². The largest absolute Gasteiger partial charge is 0.493 e. The molecule has 0 saturated heterocycles. The maximum atomic E-state index is 12.4. The number of ether oxygens (including phenoxy) is 2. The van der Waals surface area contributed by atoms with Gasteiger partial charge >= 0.3 is 0 Å². The van der Waals surface area contributed by atoms with Gasteiger partial charge in [0.15, 0.2) is 11.5 Å². The highest BCUT2D eigenvalue weighted by Crippen LogP contribution is 2.40. The zero-order valence-corrected chi connectivity index (χ0v) is 18.1. The molecule has 0 aliphatic carbocycles. The number of methoxy groups -OCH3 is 2. The molecule has 3 rings (SSSR count). The lowest BCUT2D eigenvalue weighted by Gasteiger charge is -2.41. The van der Waals surface area contributed by atoms with E-state index in [1.165, 1.54) is 16.7 Å². The molecule has 0 fully saturated rings. The Morgan fingerprint density at radius 2 is 1.76 bits per heavy atom. The van der Waals surface area contributed by atoms with Gasteiger partial charge < -0.3 is 14.8 Å². The van der Waals surface area contributed by atoms with Gasteiger partial charge in [0.2, 0.25) is 5.91 Å². The second-order valence-corrected chi connectivity index (χ2v) is 8.01. The topological polar surface area (TPSA) is 50.8 Å². The third kappa shape index (κ3) is 4.73. The normalized spacial score (nSPS) is 17.5. The molecule has 156 valence electrons. The summed E-state index contributed by atoms with van der Waals surface area (Å²) in [4.78, 5) is 14.9. The van der Waals surface area contributed by atoms with Crippen molar-refractivity contribution in [2.24, 2.45) is 5.92 Å². The van der Waals surface area contributed by atoms with Crippen molar-refractivity contribution in [2.45, 2.75) is 45.8 Å². The molecule has 5 heteroatoms. The van der Waals surface area contributed by atoms with Crippen LogP contribution in [-0.2, 0) is 17.8 Å². The van der Waals surface area contributed by atoms with Gasteiger partial charge in [-0.2, -0.15) is 0 Å². The molecule has 0 aromatic heterocycles. The van der Waals surface area contributed by atoms with Crippen LogP contribution in [0.4, 0.5) is 0 Å². The number of benzene rings is 2. The zero-order chi connectivity index (χ0) is 21.0. The van der Waals surface area contributed by atoms with Gasteiger partial charge in [0.05, 0.1) is 20.3 Å². The van der Waals surface area contributed by atoms with E-state index in [0.29, 0.717) is 0 Å². The molecule has 2 aromatic rings. The molecule has 29 heavy (non-hydrogen) atoms. The van der Waals surface area contributed by atoms with Crippen molar-refractivity contribution in [2.75, 3.05) is 20.8 Å². The summed E-state index contributed by atoms with van der Waals surface area (Å²) < 4.78 is 11.1. The Kier molecular flexibility index (Phi) is 6.80. The summed E-state index contributed by atoms with van der Waals surface area (Å²) >= 11 is 0. The third-order valence-electron chi connectivity index (χ3n) is 5.62. The standard InChI is InChI=1S/C24H32N2O3/c1-16(2)24(27)25-17(3)23-20-14-22(29-5)21(28-4)13-19(20)11-12-26(23)15-18-9-7-6-8-10-18/h6-10,13-14,16-17,23H,11-12,15H2,1-5H3,(H,25,27)/t17-,23+/m0/s1. The fraction of sp³-hybridized carbons (Fsp3) is 0.458. The first-order valence-corrected chi connectivity index (χ1v) is 10.3. The number of fused-ring (bicyclic) bond motifs is 1. The molecule has 0 unspecified atom stereocenters. The van der Waals surface area contributed by atoms with Crippen molar-refractivity contribution >= 4 is 5.91 Å². The molecule has 0 saturated carbocycles. The Labute approximate surface area is 174 Å². The predicted octanol–water partition coefficient (Wildman–Crippen LogP) is 3.96. The van der Waals surface area contributed by atoms with Crippen molar-refractivity contribution in [3.8, 4) is 11.5 Å². The van der Waals surface area contributed by atoms with Crippen LogP contribution < -0.4 is 14.8 Å². The van der Waals surface area contributed by atoms with Gasteiger partial charge in [-0.05, 0) is 42.2 Å². The second kappa shape index (κ2) is 9.31. The van der Waals surface area contributed by atoms with E-state index in [2.05, 4.69) is 53.5 Å². The van der Waals surface area contributed by atoms with E-state index in [0.717, 1.165) is 31.0 Å². The number of amides is 1. The summed E-state index contributed by atoms with van der Waals surface area (Å²) in [6.07, 6.45) is 0.934. The van der Waals surface area contributed by atoms with Crippen molar-refractivity contribution in [1.82, 2.24) is 10.2 Å². The molecule has 2 atom stereocenters. The van der Waals surface area contributed by atoms with E-state index in [1.807, 2.05) is 19.9 Å². The SMILES string of the molecule is COc1cc2c(cc1OC)[C@@H]([C@H](C)NC(=O)C(C)C)N(Cc1ccccc1)CC2. The highest BCUT2D eigenvalue weighted by atomic mass is 16.5. The lowest BCUT2D eigenvalue weighted by atomic mass is 9.87. The van der Waals surface area contributed by atoms with Gasteiger partial charge in [-0.15, -0.1) is 0 Å². The van der Waals surface area contributed by atoms with Gasteiger partial charge in [0.1, 0.15) is 0 Å². The summed E-state index contributed by atoms with van der Waals surface area (Å²) in [7, 11) is 3.32. The van der Waals surface area contributed by atoms with Crippen LogP contribution in [0.2, 0.25) is 0 Å². The van der Waals surface area contributed by atoms with Gasteiger partial charge in [0, 0.05) is 25.0 Å². The van der Waals surface area contributed by atoms with E-state index in [4.69, 9.17) is 9.47 Å².